The first kappa shape index (κ1) is 11.7. The molecule has 2 nitrogen and oxygen atoms in total. The fourth-order valence-corrected chi connectivity index (χ4v) is 2.20. The average molecular weight is 213 g/mol. The highest BCUT2D eigenvalue weighted by atomic mass is 32.1. The molecule has 0 aromatic carbocycles. The van der Waals surface area contributed by atoms with Crippen LogP contribution in [0.25, 0.3) is 0 Å². The summed E-state index contributed by atoms with van der Waals surface area (Å²) in [5, 5.41) is 11.8. The van der Waals surface area contributed by atoms with Gasteiger partial charge in [-0.05, 0) is 17.5 Å². The van der Waals surface area contributed by atoms with E-state index in [9.17, 15) is 0 Å². The van der Waals surface area contributed by atoms with Crippen LogP contribution in [0.3, 0.4) is 0 Å². The monoisotopic (exact) mass is 213 g/mol. The summed E-state index contributed by atoms with van der Waals surface area (Å²) in [6, 6.07) is 4.36. The van der Waals surface area contributed by atoms with E-state index in [2.05, 4.69) is 38.2 Å². The molecule has 1 aromatic rings. The Bertz CT molecular complexity index is 275. The second kappa shape index (κ2) is 4.91. The predicted octanol–water partition coefficient (Wildman–Crippen LogP) is 2.13. The SMILES string of the molecule is CC(C)(C)c1ccc(CNCCO)s1. The number of aliphatic hydroxyl groups is 1. The Morgan fingerprint density at radius 3 is 2.57 bits per heavy atom. The van der Waals surface area contributed by atoms with Crippen molar-refractivity contribution in [3.63, 3.8) is 0 Å². The molecular formula is C11H19NOS. The van der Waals surface area contributed by atoms with E-state index >= 15 is 0 Å². The Balaban J connectivity index is 2.51. The van der Waals surface area contributed by atoms with Crippen LogP contribution in [-0.2, 0) is 12.0 Å². The van der Waals surface area contributed by atoms with Crippen molar-refractivity contribution in [2.45, 2.75) is 32.7 Å². The second-order valence-corrected chi connectivity index (χ2v) is 5.58. The molecule has 14 heavy (non-hydrogen) atoms. The van der Waals surface area contributed by atoms with E-state index in [4.69, 9.17) is 5.11 Å². The molecule has 1 aromatic heterocycles. The van der Waals surface area contributed by atoms with Gasteiger partial charge in [0.2, 0.25) is 0 Å². The highest BCUT2D eigenvalue weighted by Crippen LogP contribution is 2.29. The summed E-state index contributed by atoms with van der Waals surface area (Å²) in [4.78, 5) is 2.75. The lowest BCUT2D eigenvalue weighted by atomic mass is 9.95. The molecule has 0 aliphatic heterocycles. The predicted molar refractivity (Wildman–Crippen MR) is 61.8 cm³/mol. The highest BCUT2D eigenvalue weighted by molar-refractivity contribution is 7.12. The van der Waals surface area contributed by atoms with E-state index in [-0.39, 0.29) is 12.0 Å². The van der Waals surface area contributed by atoms with Crippen molar-refractivity contribution in [1.29, 1.82) is 0 Å². The van der Waals surface area contributed by atoms with Gasteiger partial charge in [0.15, 0.2) is 0 Å². The molecular weight excluding hydrogens is 194 g/mol. The van der Waals surface area contributed by atoms with Crippen LogP contribution in [0.5, 0.6) is 0 Å². The molecule has 0 saturated carbocycles. The standard InChI is InChI=1S/C11H19NOS/c1-11(2,3)10-5-4-9(14-10)8-12-6-7-13/h4-5,12-13H,6-8H2,1-3H3. The van der Waals surface area contributed by atoms with E-state index < -0.39 is 0 Å². The fourth-order valence-electron chi connectivity index (χ4n) is 1.17. The maximum atomic E-state index is 8.62. The molecule has 2 N–H and O–H groups in total. The third kappa shape index (κ3) is 3.40. The van der Waals surface area contributed by atoms with Gasteiger partial charge < -0.3 is 10.4 Å². The van der Waals surface area contributed by atoms with Gasteiger partial charge in [-0.15, -0.1) is 11.3 Å². The van der Waals surface area contributed by atoms with Crippen LogP contribution >= 0.6 is 11.3 Å². The molecule has 1 rings (SSSR count). The maximum Gasteiger partial charge on any atom is 0.0556 e. The van der Waals surface area contributed by atoms with Crippen molar-refractivity contribution in [2.75, 3.05) is 13.2 Å². The Labute approximate surface area is 90.0 Å². The van der Waals surface area contributed by atoms with Gasteiger partial charge in [0.1, 0.15) is 0 Å². The summed E-state index contributed by atoms with van der Waals surface area (Å²) in [6.07, 6.45) is 0. The fraction of sp³-hybridized carbons (Fsp3) is 0.636. The minimum Gasteiger partial charge on any atom is -0.395 e. The Hall–Kier alpha value is -0.380. The highest BCUT2D eigenvalue weighted by Gasteiger charge is 2.15. The van der Waals surface area contributed by atoms with E-state index in [0.29, 0.717) is 6.54 Å². The summed E-state index contributed by atoms with van der Waals surface area (Å²) in [5.74, 6) is 0. The van der Waals surface area contributed by atoms with E-state index in [1.807, 2.05) is 11.3 Å². The zero-order chi connectivity index (χ0) is 10.6. The van der Waals surface area contributed by atoms with Crippen LogP contribution in [0.2, 0.25) is 0 Å². The topological polar surface area (TPSA) is 32.3 Å². The molecule has 0 unspecified atom stereocenters. The lowest BCUT2D eigenvalue weighted by Crippen LogP contribution is -2.16. The molecule has 1 heterocycles. The van der Waals surface area contributed by atoms with Crippen LogP contribution < -0.4 is 5.32 Å². The molecule has 0 amide bonds. The molecule has 3 heteroatoms. The summed E-state index contributed by atoms with van der Waals surface area (Å²) >= 11 is 1.85. The van der Waals surface area contributed by atoms with Gasteiger partial charge >= 0.3 is 0 Å². The van der Waals surface area contributed by atoms with Gasteiger partial charge in [0.05, 0.1) is 6.61 Å². The minimum atomic E-state index is 0.206. The van der Waals surface area contributed by atoms with Crippen molar-refractivity contribution >= 4 is 11.3 Å². The minimum absolute atomic E-state index is 0.206. The first-order chi connectivity index (χ1) is 6.54. The largest absolute Gasteiger partial charge is 0.395 e. The van der Waals surface area contributed by atoms with Crippen LogP contribution in [0.4, 0.5) is 0 Å². The Morgan fingerprint density at radius 1 is 1.36 bits per heavy atom. The third-order valence-corrected chi connectivity index (χ3v) is 3.50. The molecule has 0 atom stereocenters. The summed E-state index contributed by atoms with van der Waals surface area (Å²) in [5.41, 5.74) is 0.250. The van der Waals surface area contributed by atoms with E-state index in [1.165, 1.54) is 9.75 Å². The van der Waals surface area contributed by atoms with Crippen molar-refractivity contribution in [3.05, 3.63) is 21.9 Å². The average Bonchev–Trinajstić information content (AvgIpc) is 2.52. The van der Waals surface area contributed by atoms with E-state index in [0.717, 1.165) is 6.54 Å². The van der Waals surface area contributed by atoms with Gasteiger partial charge in [-0.2, -0.15) is 0 Å². The normalized spacial score (nSPS) is 12.0. The number of thiophene rings is 1. The van der Waals surface area contributed by atoms with Gasteiger partial charge in [-0.1, -0.05) is 20.8 Å². The zero-order valence-corrected chi connectivity index (χ0v) is 9.95. The Kier molecular flexibility index (Phi) is 4.11. The molecule has 0 aliphatic carbocycles. The first-order valence-electron chi connectivity index (χ1n) is 4.95. The molecule has 0 bridgehead atoms. The van der Waals surface area contributed by atoms with Crippen molar-refractivity contribution in [3.8, 4) is 0 Å². The van der Waals surface area contributed by atoms with E-state index in [1.54, 1.807) is 0 Å². The van der Waals surface area contributed by atoms with Gasteiger partial charge in [-0.25, -0.2) is 0 Å². The molecule has 0 aliphatic rings. The molecule has 0 saturated heterocycles. The lowest BCUT2D eigenvalue weighted by molar-refractivity contribution is 0.292. The zero-order valence-electron chi connectivity index (χ0n) is 9.13. The van der Waals surface area contributed by atoms with Crippen LogP contribution in [-0.4, -0.2) is 18.3 Å². The third-order valence-electron chi connectivity index (χ3n) is 1.99. The molecule has 0 radical (unpaired) electrons. The molecule has 80 valence electrons. The van der Waals surface area contributed by atoms with Crippen molar-refractivity contribution in [1.82, 2.24) is 5.32 Å². The lowest BCUT2D eigenvalue weighted by Gasteiger charge is -2.15. The first-order valence-corrected chi connectivity index (χ1v) is 5.76. The smallest absolute Gasteiger partial charge is 0.0556 e. The summed E-state index contributed by atoms with van der Waals surface area (Å²) in [7, 11) is 0. The molecule has 0 fully saturated rings. The summed E-state index contributed by atoms with van der Waals surface area (Å²) < 4.78 is 0. The number of hydrogen-bond donors (Lipinski definition) is 2. The van der Waals surface area contributed by atoms with Crippen molar-refractivity contribution in [2.24, 2.45) is 0 Å². The van der Waals surface area contributed by atoms with Gasteiger partial charge in [0.25, 0.3) is 0 Å². The quantitative estimate of drug-likeness (QED) is 0.751. The van der Waals surface area contributed by atoms with Crippen molar-refractivity contribution < 1.29 is 5.11 Å². The number of aliphatic hydroxyl groups excluding tert-OH is 1. The summed E-state index contributed by atoms with van der Waals surface area (Å²) in [6.45, 7) is 8.42. The Morgan fingerprint density at radius 2 is 2.07 bits per heavy atom. The number of rotatable bonds is 4. The van der Waals surface area contributed by atoms with Crippen LogP contribution in [0.1, 0.15) is 30.5 Å². The second-order valence-electron chi connectivity index (χ2n) is 4.42. The number of nitrogens with one attached hydrogen (secondary N) is 1. The van der Waals surface area contributed by atoms with Gasteiger partial charge in [-0.3, -0.25) is 0 Å². The van der Waals surface area contributed by atoms with Crippen LogP contribution in [0.15, 0.2) is 12.1 Å². The maximum absolute atomic E-state index is 8.62. The molecule has 0 spiro atoms. The van der Waals surface area contributed by atoms with Gasteiger partial charge in [0, 0.05) is 22.8 Å². The van der Waals surface area contributed by atoms with Crippen LogP contribution in [0, 0.1) is 0 Å². The number of hydrogen-bond acceptors (Lipinski definition) is 3.